The zero-order valence-electron chi connectivity index (χ0n) is 18.1. The van der Waals surface area contributed by atoms with Crippen LogP contribution in [0, 0.1) is 5.82 Å². The summed E-state index contributed by atoms with van der Waals surface area (Å²) in [4.78, 5) is 12.5. The molecule has 0 aliphatic heterocycles. The van der Waals surface area contributed by atoms with Gasteiger partial charge in [0.15, 0.2) is 11.5 Å². The van der Waals surface area contributed by atoms with Crippen LogP contribution in [0.2, 0.25) is 0 Å². The number of hydrazone groups is 1. The molecule has 0 heterocycles. The first-order valence-corrected chi connectivity index (χ1v) is 11.0. The van der Waals surface area contributed by atoms with Crippen LogP contribution in [0.4, 0.5) is 4.39 Å². The molecule has 1 amide bonds. The van der Waals surface area contributed by atoms with Gasteiger partial charge in [-0.15, -0.1) is 0 Å². The number of phenolic OH excluding ortho intramolecular Hbond substituents is 1. The Kier molecular flexibility index (Phi) is 7.08. The molecule has 4 aromatic carbocycles. The number of rotatable bonds is 7. The summed E-state index contributed by atoms with van der Waals surface area (Å²) < 4.78 is 25.6. The number of hydrogen-bond acceptors (Lipinski definition) is 5. The van der Waals surface area contributed by atoms with Crippen LogP contribution in [0.3, 0.4) is 0 Å². The number of carbonyl (C=O) groups is 1. The number of nitrogens with one attached hydrogen (secondary N) is 1. The molecule has 0 bridgehead atoms. The summed E-state index contributed by atoms with van der Waals surface area (Å²) in [5, 5.41) is 15.9. The fourth-order valence-corrected chi connectivity index (χ4v) is 3.93. The SMILES string of the molecule is COc1cc(/C=N/NC(=O)c2cc3ccccc3cc2O)cc(Br)c1OCc1ccccc1F. The zero-order valence-corrected chi connectivity index (χ0v) is 19.7. The van der Waals surface area contributed by atoms with E-state index in [1.54, 1.807) is 36.4 Å². The van der Waals surface area contributed by atoms with E-state index in [4.69, 9.17) is 9.47 Å². The molecule has 0 aliphatic rings. The minimum Gasteiger partial charge on any atom is -0.507 e. The highest BCUT2D eigenvalue weighted by Crippen LogP contribution is 2.37. The number of benzene rings is 4. The van der Waals surface area contributed by atoms with Crippen LogP contribution in [0.5, 0.6) is 17.2 Å². The van der Waals surface area contributed by atoms with E-state index in [1.807, 2.05) is 24.3 Å². The van der Waals surface area contributed by atoms with Crippen molar-refractivity contribution >= 4 is 38.8 Å². The van der Waals surface area contributed by atoms with Gasteiger partial charge in [-0.2, -0.15) is 5.10 Å². The Morgan fingerprint density at radius 2 is 1.79 bits per heavy atom. The van der Waals surface area contributed by atoms with Crippen LogP contribution in [0.15, 0.2) is 82.4 Å². The normalized spacial score (nSPS) is 11.0. The number of fused-ring (bicyclic) bond motifs is 1. The van der Waals surface area contributed by atoms with Gasteiger partial charge in [0.1, 0.15) is 18.2 Å². The van der Waals surface area contributed by atoms with Crippen molar-refractivity contribution in [2.24, 2.45) is 5.10 Å². The predicted octanol–water partition coefficient (Wildman–Crippen LogP) is 5.80. The van der Waals surface area contributed by atoms with Crippen LogP contribution < -0.4 is 14.9 Å². The second-order valence-corrected chi connectivity index (χ2v) is 8.18. The smallest absolute Gasteiger partial charge is 0.275 e. The largest absolute Gasteiger partial charge is 0.507 e. The number of methoxy groups -OCH3 is 1. The molecule has 4 aromatic rings. The maximum absolute atomic E-state index is 13.9. The molecule has 0 aromatic heterocycles. The minimum atomic E-state index is -0.546. The van der Waals surface area contributed by atoms with E-state index in [9.17, 15) is 14.3 Å². The van der Waals surface area contributed by atoms with E-state index in [1.165, 1.54) is 25.5 Å². The highest BCUT2D eigenvalue weighted by Gasteiger charge is 2.14. The van der Waals surface area contributed by atoms with Crippen LogP contribution in [-0.4, -0.2) is 24.3 Å². The molecular weight excluding hydrogens is 503 g/mol. The van der Waals surface area contributed by atoms with Crippen molar-refractivity contribution in [3.63, 3.8) is 0 Å². The van der Waals surface area contributed by atoms with E-state index in [2.05, 4.69) is 26.5 Å². The molecule has 0 radical (unpaired) electrons. The van der Waals surface area contributed by atoms with Crippen LogP contribution in [0.1, 0.15) is 21.5 Å². The molecule has 0 saturated heterocycles. The summed E-state index contributed by atoms with van der Waals surface area (Å²) in [6.07, 6.45) is 1.43. The molecule has 172 valence electrons. The van der Waals surface area contributed by atoms with Crippen molar-refractivity contribution in [3.05, 3.63) is 99.8 Å². The second-order valence-electron chi connectivity index (χ2n) is 7.33. The Bertz CT molecular complexity index is 1390. The number of amides is 1. The van der Waals surface area contributed by atoms with Crippen LogP contribution >= 0.6 is 15.9 Å². The number of ether oxygens (including phenoxy) is 2. The van der Waals surface area contributed by atoms with Crippen molar-refractivity contribution in [1.82, 2.24) is 5.43 Å². The number of phenols is 1. The quantitative estimate of drug-likeness (QED) is 0.237. The lowest BCUT2D eigenvalue weighted by atomic mass is 10.1. The van der Waals surface area contributed by atoms with Crippen molar-refractivity contribution in [2.75, 3.05) is 7.11 Å². The van der Waals surface area contributed by atoms with Gasteiger partial charge >= 0.3 is 0 Å². The Hall–Kier alpha value is -3.91. The molecule has 2 N–H and O–H groups in total. The molecule has 0 saturated carbocycles. The first kappa shape index (κ1) is 23.3. The molecule has 8 heteroatoms. The predicted molar refractivity (Wildman–Crippen MR) is 132 cm³/mol. The molecule has 6 nitrogen and oxygen atoms in total. The van der Waals surface area contributed by atoms with E-state index in [0.717, 1.165) is 10.8 Å². The number of aromatic hydroxyl groups is 1. The second kappa shape index (κ2) is 10.4. The third-order valence-corrected chi connectivity index (χ3v) is 5.66. The average Bonchev–Trinajstić information content (AvgIpc) is 2.83. The third-order valence-electron chi connectivity index (χ3n) is 5.07. The van der Waals surface area contributed by atoms with Gasteiger partial charge in [0, 0.05) is 5.56 Å². The number of carbonyl (C=O) groups excluding carboxylic acids is 1. The first-order chi connectivity index (χ1) is 16.5. The van der Waals surface area contributed by atoms with Gasteiger partial charge in [-0.3, -0.25) is 4.79 Å². The van der Waals surface area contributed by atoms with Gasteiger partial charge in [0.05, 0.1) is 23.4 Å². The molecule has 34 heavy (non-hydrogen) atoms. The highest BCUT2D eigenvalue weighted by atomic mass is 79.9. The lowest BCUT2D eigenvalue weighted by Gasteiger charge is -2.14. The fourth-order valence-electron chi connectivity index (χ4n) is 3.36. The minimum absolute atomic E-state index is 0.0282. The monoisotopic (exact) mass is 522 g/mol. The van der Waals surface area contributed by atoms with Gasteiger partial charge in [-0.25, -0.2) is 9.82 Å². The van der Waals surface area contributed by atoms with Crippen molar-refractivity contribution in [1.29, 1.82) is 0 Å². The number of nitrogens with zero attached hydrogens (tertiary/aromatic N) is 1. The number of halogens is 2. The maximum atomic E-state index is 13.9. The van der Waals surface area contributed by atoms with Crippen molar-refractivity contribution in [3.8, 4) is 17.2 Å². The summed E-state index contributed by atoms with van der Waals surface area (Å²) >= 11 is 3.44. The standard InChI is InChI=1S/C26H20BrFN2O4/c1-33-24-11-16(10-21(27)25(24)34-15-19-8-4-5-9-22(19)28)14-29-30-26(32)20-12-17-6-2-3-7-18(17)13-23(20)31/h2-14,31H,15H2,1H3,(H,30,32)/b29-14+. The average molecular weight is 523 g/mol. The van der Waals surface area contributed by atoms with E-state index >= 15 is 0 Å². The van der Waals surface area contributed by atoms with Crippen molar-refractivity contribution in [2.45, 2.75) is 6.61 Å². The van der Waals surface area contributed by atoms with Crippen LogP contribution in [0.25, 0.3) is 10.8 Å². The maximum Gasteiger partial charge on any atom is 0.275 e. The molecule has 0 fully saturated rings. The van der Waals surface area contributed by atoms with Gasteiger partial charge in [-0.05, 0) is 62.6 Å². The Balaban J connectivity index is 1.48. The molecule has 4 rings (SSSR count). The Morgan fingerprint density at radius 1 is 1.09 bits per heavy atom. The third kappa shape index (κ3) is 5.18. The van der Waals surface area contributed by atoms with E-state index < -0.39 is 5.91 Å². The van der Waals surface area contributed by atoms with Gasteiger partial charge in [0.25, 0.3) is 5.91 Å². The Labute approximate surface area is 203 Å². The van der Waals surface area contributed by atoms with E-state index in [-0.39, 0.29) is 23.7 Å². The van der Waals surface area contributed by atoms with Crippen molar-refractivity contribution < 1.29 is 23.8 Å². The molecule has 0 spiro atoms. The van der Waals surface area contributed by atoms with Crippen LogP contribution in [-0.2, 0) is 6.61 Å². The van der Waals surface area contributed by atoms with Gasteiger partial charge < -0.3 is 14.6 Å². The van der Waals surface area contributed by atoms with E-state index in [0.29, 0.717) is 27.1 Å². The lowest BCUT2D eigenvalue weighted by molar-refractivity contribution is 0.0952. The number of hydrogen-bond donors (Lipinski definition) is 2. The molecule has 0 unspecified atom stereocenters. The summed E-state index contributed by atoms with van der Waals surface area (Å²) in [6.45, 7) is 0.0282. The topological polar surface area (TPSA) is 80.2 Å². The zero-order chi connectivity index (χ0) is 24.1. The summed E-state index contributed by atoms with van der Waals surface area (Å²) in [5.74, 6) is -0.212. The highest BCUT2D eigenvalue weighted by molar-refractivity contribution is 9.10. The summed E-state index contributed by atoms with van der Waals surface area (Å²) in [5.41, 5.74) is 3.57. The molecule has 0 atom stereocenters. The first-order valence-electron chi connectivity index (χ1n) is 10.2. The summed E-state index contributed by atoms with van der Waals surface area (Å²) in [6, 6.07) is 20.3. The lowest BCUT2D eigenvalue weighted by Crippen LogP contribution is -2.17. The van der Waals surface area contributed by atoms with Gasteiger partial charge in [-0.1, -0.05) is 42.5 Å². The van der Waals surface area contributed by atoms with Gasteiger partial charge in [0.2, 0.25) is 0 Å². The Morgan fingerprint density at radius 3 is 2.53 bits per heavy atom. The fraction of sp³-hybridized carbons (Fsp3) is 0.0769. The molecular formula is C26H20BrFN2O4. The molecule has 0 aliphatic carbocycles. The summed E-state index contributed by atoms with van der Waals surface area (Å²) in [7, 11) is 1.49.